The molecule has 0 atom stereocenters. The number of aromatic hydroxyl groups is 1. The van der Waals surface area contributed by atoms with Crippen LogP contribution < -0.4 is 0 Å². The van der Waals surface area contributed by atoms with Crippen molar-refractivity contribution in [2.45, 2.75) is 19.8 Å². The number of hydrogen-bond acceptors (Lipinski definition) is 4. The SMILES string of the molecule is CCOC(=O)CCc1nc2ccccc2cc1O. The second-order valence-corrected chi connectivity index (χ2v) is 3.95. The fourth-order valence-corrected chi connectivity index (χ4v) is 1.78. The van der Waals surface area contributed by atoms with E-state index in [0.29, 0.717) is 18.7 Å². The Morgan fingerprint density at radius 2 is 2.17 bits per heavy atom. The summed E-state index contributed by atoms with van der Waals surface area (Å²) in [6, 6.07) is 9.21. The molecule has 0 fully saturated rings. The van der Waals surface area contributed by atoms with Crippen LogP contribution in [0.15, 0.2) is 30.3 Å². The van der Waals surface area contributed by atoms with Crippen LogP contribution in [0.5, 0.6) is 5.75 Å². The quantitative estimate of drug-likeness (QED) is 0.840. The van der Waals surface area contributed by atoms with Gasteiger partial charge >= 0.3 is 5.97 Å². The van der Waals surface area contributed by atoms with Gasteiger partial charge in [0.05, 0.1) is 24.2 Å². The van der Waals surface area contributed by atoms with Crippen LogP contribution in [0.2, 0.25) is 0 Å². The molecular formula is C14H15NO3. The fourth-order valence-electron chi connectivity index (χ4n) is 1.78. The van der Waals surface area contributed by atoms with Gasteiger partial charge in [0.25, 0.3) is 0 Å². The fraction of sp³-hybridized carbons (Fsp3) is 0.286. The highest BCUT2D eigenvalue weighted by atomic mass is 16.5. The summed E-state index contributed by atoms with van der Waals surface area (Å²) in [7, 11) is 0. The maximum atomic E-state index is 11.3. The van der Waals surface area contributed by atoms with Crippen LogP contribution in [0.3, 0.4) is 0 Å². The standard InChI is InChI=1S/C14H15NO3/c1-2-18-14(17)8-7-12-13(16)9-10-5-3-4-6-11(10)15-12/h3-6,9,16H,2,7-8H2,1H3. The first-order chi connectivity index (χ1) is 8.70. The highest BCUT2D eigenvalue weighted by Crippen LogP contribution is 2.22. The molecule has 0 saturated carbocycles. The number of hydrogen-bond donors (Lipinski definition) is 1. The Kier molecular flexibility index (Phi) is 3.77. The topological polar surface area (TPSA) is 59.4 Å². The Bertz CT molecular complexity index is 566. The lowest BCUT2D eigenvalue weighted by atomic mass is 10.1. The Labute approximate surface area is 105 Å². The van der Waals surface area contributed by atoms with E-state index in [-0.39, 0.29) is 18.1 Å². The lowest BCUT2D eigenvalue weighted by Gasteiger charge is -2.06. The molecule has 1 heterocycles. The van der Waals surface area contributed by atoms with Gasteiger partial charge in [0.1, 0.15) is 5.75 Å². The van der Waals surface area contributed by atoms with E-state index >= 15 is 0 Å². The van der Waals surface area contributed by atoms with Crippen LogP contribution in [-0.2, 0) is 16.0 Å². The zero-order chi connectivity index (χ0) is 13.0. The zero-order valence-electron chi connectivity index (χ0n) is 10.2. The molecule has 0 aliphatic carbocycles. The molecule has 4 nitrogen and oxygen atoms in total. The van der Waals surface area contributed by atoms with Gasteiger partial charge in [-0.1, -0.05) is 18.2 Å². The Balaban J connectivity index is 2.17. The average molecular weight is 245 g/mol. The van der Waals surface area contributed by atoms with Crippen molar-refractivity contribution in [3.8, 4) is 5.75 Å². The zero-order valence-corrected chi connectivity index (χ0v) is 10.2. The summed E-state index contributed by atoms with van der Waals surface area (Å²) in [5, 5.41) is 10.7. The Morgan fingerprint density at radius 3 is 2.94 bits per heavy atom. The van der Waals surface area contributed by atoms with Gasteiger partial charge in [0.15, 0.2) is 0 Å². The largest absolute Gasteiger partial charge is 0.506 e. The van der Waals surface area contributed by atoms with Crippen LogP contribution >= 0.6 is 0 Å². The van der Waals surface area contributed by atoms with Crippen molar-refractivity contribution in [1.29, 1.82) is 0 Å². The highest BCUT2D eigenvalue weighted by Gasteiger charge is 2.09. The van der Waals surface area contributed by atoms with Crippen molar-refractivity contribution in [2.24, 2.45) is 0 Å². The van der Waals surface area contributed by atoms with Gasteiger partial charge in [-0.15, -0.1) is 0 Å². The third-order valence-electron chi connectivity index (χ3n) is 2.65. The summed E-state index contributed by atoms with van der Waals surface area (Å²) in [6.45, 7) is 2.14. The van der Waals surface area contributed by atoms with E-state index < -0.39 is 0 Å². The predicted octanol–water partition coefficient (Wildman–Crippen LogP) is 2.44. The molecule has 0 unspecified atom stereocenters. The number of ether oxygens (including phenoxy) is 1. The Morgan fingerprint density at radius 1 is 1.39 bits per heavy atom. The molecule has 4 heteroatoms. The summed E-state index contributed by atoms with van der Waals surface area (Å²) in [5.74, 6) is -0.148. The molecule has 2 aromatic rings. The molecule has 0 aliphatic rings. The van der Waals surface area contributed by atoms with E-state index in [1.165, 1.54) is 0 Å². The van der Waals surface area contributed by atoms with Crippen molar-refractivity contribution in [2.75, 3.05) is 6.61 Å². The van der Waals surface area contributed by atoms with Gasteiger partial charge in [-0.3, -0.25) is 4.79 Å². The molecule has 0 saturated heterocycles. The van der Waals surface area contributed by atoms with Crippen molar-refractivity contribution < 1.29 is 14.6 Å². The smallest absolute Gasteiger partial charge is 0.306 e. The first-order valence-corrected chi connectivity index (χ1v) is 5.94. The summed E-state index contributed by atoms with van der Waals surface area (Å²) < 4.78 is 4.84. The number of aromatic nitrogens is 1. The average Bonchev–Trinajstić information content (AvgIpc) is 2.36. The number of fused-ring (bicyclic) bond motifs is 1. The third kappa shape index (κ3) is 2.77. The molecule has 18 heavy (non-hydrogen) atoms. The molecule has 0 amide bonds. The normalized spacial score (nSPS) is 10.5. The molecule has 1 aromatic heterocycles. The van der Waals surface area contributed by atoms with Crippen molar-refractivity contribution in [3.63, 3.8) is 0 Å². The molecular weight excluding hydrogens is 230 g/mol. The maximum absolute atomic E-state index is 11.3. The number of pyridine rings is 1. The van der Waals surface area contributed by atoms with Gasteiger partial charge in [-0.25, -0.2) is 4.98 Å². The second-order valence-electron chi connectivity index (χ2n) is 3.95. The van der Waals surface area contributed by atoms with Gasteiger partial charge in [-0.05, 0) is 19.1 Å². The number of benzene rings is 1. The third-order valence-corrected chi connectivity index (χ3v) is 2.65. The second kappa shape index (κ2) is 5.49. The van der Waals surface area contributed by atoms with Gasteiger partial charge in [0.2, 0.25) is 0 Å². The predicted molar refractivity (Wildman–Crippen MR) is 68.4 cm³/mol. The first kappa shape index (κ1) is 12.4. The lowest BCUT2D eigenvalue weighted by molar-refractivity contribution is -0.143. The van der Waals surface area contributed by atoms with Crippen LogP contribution in [0, 0.1) is 0 Å². The summed E-state index contributed by atoms with van der Waals surface area (Å²) in [4.78, 5) is 15.6. The number of para-hydroxylation sites is 1. The summed E-state index contributed by atoms with van der Waals surface area (Å²) >= 11 is 0. The van der Waals surface area contributed by atoms with E-state index in [0.717, 1.165) is 10.9 Å². The highest BCUT2D eigenvalue weighted by molar-refractivity contribution is 5.80. The lowest BCUT2D eigenvalue weighted by Crippen LogP contribution is -2.06. The Hall–Kier alpha value is -2.10. The summed E-state index contributed by atoms with van der Waals surface area (Å²) in [6.07, 6.45) is 0.613. The number of esters is 1. The molecule has 1 aromatic carbocycles. The molecule has 1 N–H and O–H groups in total. The minimum absolute atomic E-state index is 0.123. The molecule has 0 bridgehead atoms. The molecule has 94 valence electrons. The van der Waals surface area contributed by atoms with Gasteiger partial charge < -0.3 is 9.84 Å². The first-order valence-electron chi connectivity index (χ1n) is 5.94. The monoisotopic (exact) mass is 245 g/mol. The van der Waals surface area contributed by atoms with Crippen LogP contribution in [0.1, 0.15) is 19.0 Å². The number of aryl methyl sites for hydroxylation is 1. The van der Waals surface area contributed by atoms with Crippen molar-refractivity contribution >= 4 is 16.9 Å². The van der Waals surface area contributed by atoms with E-state index in [1.807, 2.05) is 24.3 Å². The van der Waals surface area contributed by atoms with Crippen LogP contribution in [-0.4, -0.2) is 22.7 Å². The van der Waals surface area contributed by atoms with Gasteiger partial charge in [-0.2, -0.15) is 0 Å². The maximum Gasteiger partial charge on any atom is 0.306 e. The number of nitrogens with zero attached hydrogens (tertiary/aromatic N) is 1. The van der Waals surface area contributed by atoms with Crippen molar-refractivity contribution in [1.82, 2.24) is 4.98 Å². The summed E-state index contributed by atoms with van der Waals surface area (Å²) in [5.41, 5.74) is 1.34. The molecule has 0 spiro atoms. The minimum atomic E-state index is -0.271. The molecule has 2 rings (SSSR count). The molecule has 0 radical (unpaired) electrons. The minimum Gasteiger partial charge on any atom is -0.506 e. The van der Waals surface area contributed by atoms with Crippen LogP contribution in [0.25, 0.3) is 10.9 Å². The molecule has 0 aliphatic heterocycles. The van der Waals surface area contributed by atoms with E-state index in [1.54, 1.807) is 13.0 Å². The van der Waals surface area contributed by atoms with E-state index in [9.17, 15) is 9.90 Å². The number of rotatable bonds is 4. The van der Waals surface area contributed by atoms with Gasteiger partial charge in [0, 0.05) is 11.8 Å². The number of carbonyl (C=O) groups is 1. The van der Waals surface area contributed by atoms with E-state index in [2.05, 4.69) is 4.98 Å². The van der Waals surface area contributed by atoms with Crippen LogP contribution in [0.4, 0.5) is 0 Å². The van der Waals surface area contributed by atoms with Crippen molar-refractivity contribution in [3.05, 3.63) is 36.0 Å². The van der Waals surface area contributed by atoms with E-state index in [4.69, 9.17) is 4.74 Å². The number of carbonyl (C=O) groups excluding carboxylic acids is 1.